The van der Waals surface area contributed by atoms with Crippen molar-refractivity contribution in [1.82, 2.24) is 24.9 Å². The van der Waals surface area contributed by atoms with Crippen LogP contribution in [-0.4, -0.2) is 31.2 Å². The Morgan fingerprint density at radius 1 is 1.39 bits per heavy atom. The SMILES string of the molecule is CC(NC(=O)CSc1nc2ncccn2n1)c1ccc(Cl)cc1. The van der Waals surface area contributed by atoms with E-state index >= 15 is 0 Å². The highest BCUT2D eigenvalue weighted by Gasteiger charge is 2.12. The summed E-state index contributed by atoms with van der Waals surface area (Å²) in [6.07, 6.45) is 3.42. The summed E-state index contributed by atoms with van der Waals surface area (Å²) in [7, 11) is 0. The Kier molecular flexibility index (Phi) is 4.78. The van der Waals surface area contributed by atoms with Gasteiger partial charge in [-0.3, -0.25) is 4.79 Å². The van der Waals surface area contributed by atoms with Crippen LogP contribution in [0.25, 0.3) is 5.78 Å². The van der Waals surface area contributed by atoms with E-state index in [1.54, 1.807) is 23.0 Å². The van der Waals surface area contributed by atoms with E-state index in [9.17, 15) is 4.79 Å². The van der Waals surface area contributed by atoms with Gasteiger partial charge in [0.1, 0.15) is 0 Å². The van der Waals surface area contributed by atoms with Crippen molar-refractivity contribution < 1.29 is 4.79 Å². The molecule has 0 aliphatic carbocycles. The van der Waals surface area contributed by atoms with Gasteiger partial charge in [-0.05, 0) is 30.7 Å². The zero-order chi connectivity index (χ0) is 16.2. The number of thioether (sulfide) groups is 1. The van der Waals surface area contributed by atoms with Gasteiger partial charge in [0.15, 0.2) is 0 Å². The van der Waals surface area contributed by atoms with Crippen LogP contribution in [0.1, 0.15) is 18.5 Å². The molecule has 1 N–H and O–H groups in total. The van der Waals surface area contributed by atoms with Crippen molar-refractivity contribution in [2.24, 2.45) is 0 Å². The number of halogens is 1. The van der Waals surface area contributed by atoms with Crippen LogP contribution >= 0.6 is 23.4 Å². The molecule has 3 aromatic rings. The molecule has 118 valence electrons. The van der Waals surface area contributed by atoms with Crippen molar-refractivity contribution in [3.63, 3.8) is 0 Å². The lowest BCUT2D eigenvalue weighted by molar-refractivity contribution is -0.119. The zero-order valence-corrected chi connectivity index (χ0v) is 13.9. The van der Waals surface area contributed by atoms with Crippen LogP contribution in [0.5, 0.6) is 0 Å². The van der Waals surface area contributed by atoms with E-state index < -0.39 is 0 Å². The molecule has 23 heavy (non-hydrogen) atoms. The van der Waals surface area contributed by atoms with E-state index in [0.29, 0.717) is 16.0 Å². The Morgan fingerprint density at radius 3 is 2.91 bits per heavy atom. The van der Waals surface area contributed by atoms with E-state index in [-0.39, 0.29) is 17.7 Å². The molecule has 0 saturated carbocycles. The van der Waals surface area contributed by atoms with Gasteiger partial charge in [0.25, 0.3) is 5.78 Å². The summed E-state index contributed by atoms with van der Waals surface area (Å²) in [5.41, 5.74) is 1.00. The topological polar surface area (TPSA) is 72.2 Å². The number of aromatic nitrogens is 4. The Hall–Kier alpha value is -2.12. The second-order valence-corrected chi connectivity index (χ2v) is 6.27. The van der Waals surface area contributed by atoms with E-state index in [1.165, 1.54) is 11.8 Å². The maximum absolute atomic E-state index is 12.0. The second kappa shape index (κ2) is 6.97. The molecule has 2 aromatic heterocycles. The summed E-state index contributed by atoms with van der Waals surface area (Å²) < 4.78 is 1.58. The molecule has 2 heterocycles. The lowest BCUT2D eigenvalue weighted by Crippen LogP contribution is -2.28. The second-order valence-electron chi connectivity index (χ2n) is 4.89. The first kappa shape index (κ1) is 15.8. The largest absolute Gasteiger partial charge is 0.349 e. The molecule has 0 fully saturated rings. The van der Waals surface area contributed by atoms with Crippen molar-refractivity contribution in [2.75, 3.05) is 5.75 Å². The number of fused-ring (bicyclic) bond motifs is 1. The highest BCUT2D eigenvalue weighted by Crippen LogP contribution is 2.17. The smallest absolute Gasteiger partial charge is 0.253 e. The van der Waals surface area contributed by atoms with Gasteiger partial charge in [-0.1, -0.05) is 35.5 Å². The van der Waals surface area contributed by atoms with Crippen LogP contribution in [0.3, 0.4) is 0 Å². The molecular weight excluding hydrogens is 334 g/mol. The highest BCUT2D eigenvalue weighted by atomic mass is 35.5. The fourth-order valence-corrected chi connectivity index (χ4v) is 2.78. The molecule has 0 aliphatic rings. The van der Waals surface area contributed by atoms with Crippen LogP contribution in [0.15, 0.2) is 47.9 Å². The van der Waals surface area contributed by atoms with Crippen LogP contribution in [0.4, 0.5) is 0 Å². The standard InChI is InChI=1S/C15H14ClN5OS/c1-10(11-3-5-12(16)6-4-11)18-13(22)9-23-15-19-14-17-7-2-8-21(14)20-15/h2-8,10H,9H2,1H3,(H,18,22). The first-order valence-corrected chi connectivity index (χ1v) is 8.33. The molecule has 3 rings (SSSR count). The predicted molar refractivity (Wildman–Crippen MR) is 89.5 cm³/mol. The third-order valence-electron chi connectivity index (χ3n) is 3.18. The van der Waals surface area contributed by atoms with Crippen LogP contribution < -0.4 is 5.32 Å². The fraction of sp³-hybridized carbons (Fsp3) is 0.200. The molecule has 1 unspecified atom stereocenters. The van der Waals surface area contributed by atoms with Crippen LogP contribution in [0, 0.1) is 0 Å². The number of amides is 1. The Labute approximate surface area is 142 Å². The van der Waals surface area contributed by atoms with Gasteiger partial charge in [0.05, 0.1) is 11.8 Å². The van der Waals surface area contributed by atoms with Gasteiger partial charge >= 0.3 is 0 Å². The number of carbonyl (C=O) groups excluding carboxylic acids is 1. The van der Waals surface area contributed by atoms with Crippen LogP contribution in [-0.2, 0) is 4.79 Å². The van der Waals surface area contributed by atoms with Crippen LogP contribution in [0.2, 0.25) is 5.02 Å². The molecule has 8 heteroatoms. The minimum absolute atomic E-state index is 0.0794. The van der Waals surface area contributed by atoms with Gasteiger partial charge < -0.3 is 5.32 Å². The Morgan fingerprint density at radius 2 is 2.17 bits per heavy atom. The normalized spacial score (nSPS) is 12.3. The summed E-state index contributed by atoms with van der Waals surface area (Å²) in [5.74, 6) is 0.684. The van der Waals surface area contributed by atoms with E-state index in [4.69, 9.17) is 11.6 Å². The van der Waals surface area contributed by atoms with Gasteiger partial charge in [-0.25, -0.2) is 9.50 Å². The molecule has 0 bridgehead atoms. The molecule has 0 aliphatic heterocycles. The van der Waals surface area contributed by atoms with E-state index in [2.05, 4.69) is 20.4 Å². The molecule has 6 nitrogen and oxygen atoms in total. The summed E-state index contributed by atoms with van der Waals surface area (Å²) in [6, 6.07) is 9.10. The summed E-state index contributed by atoms with van der Waals surface area (Å²) in [6.45, 7) is 1.93. The fourth-order valence-electron chi connectivity index (χ4n) is 2.02. The molecule has 1 atom stereocenters. The minimum Gasteiger partial charge on any atom is -0.349 e. The number of hydrogen-bond donors (Lipinski definition) is 1. The number of nitrogens with zero attached hydrogens (tertiary/aromatic N) is 4. The molecule has 0 radical (unpaired) electrons. The lowest BCUT2D eigenvalue weighted by Gasteiger charge is -2.13. The molecule has 1 amide bonds. The number of rotatable bonds is 5. The third kappa shape index (κ3) is 4.00. The van der Waals surface area contributed by atoms with Crippen molar-refractivity contribution in [1.29, 1.82) is 0 Å². The predicted octanol–water partition coefficient (Wildman–Crippen LogP) is 2.75. The molecule has 0 saturated heterocycles. The Balaban J connectivity index is 1.55. The molecular formula is C15H14ClN5OS. The lowest BCUT2D eigenvalue weighted by atomic mass is 10.1. The summed E-state index contributed by atoms with van der Waals surface area (Å²) in [5, 5.41) is 8.38. The third-order valence-corrected chi connectivity index (χ3v) is 4.27. The molecule has 1 aromatic carbocycles. The van der Waals surface area contributed by atoms with Gasteiger partial charge in [0, 0.05) is 17.4 Å². The first-order chi connectivity index (χ1) is 11.1. The first-order valence-electron chi connectivity index (χ1n) is 6.97. The maximum Gasteiger partial charge on any atom is 0.253 e. The minimum atomic E-state index is -0.0870. The number of carbonyl (C=O) groups is 1. The van der Waals surface area contributed by atoms with E-state index in [0.717, 1.165) is 5.56 Å². The molecule has 0 spiro atoms. The van der Waals surface area contributed by atoms with Gasteiger partial charge in [0.2, 0.25) is 11.1 Å². The van der Waals surface area contributed by atoms with Gasteiger partial charge in [-0.15, -0.1) is 5.10 Å². The van der Waals surface area contributed by atoms with Gasteiger partial charge in [-0.2, -0.15) is 4.98 Å². The summed E-state index contributed by atoms with van der Waals surface area (Å²) in [4.78, 5) is 20.4. The summed E-state index contributed by atoms with van der Waals surface area (Å²) >= 11 is 7.14. The van der Waals surface area contributed by atoms with E-state index in [1.807, 2.05) is 31.2 Å². The Bertz CT molecular complexity index is 787. The average molecular weight is 348 g/mol. The zero-order valence-electron chi connectivity index (χ0n) is 12.3. The quantitative estimate of drug-likeness (QED) is 0.718. The number of nitrogens with one attached hydrogen (secondary N) is 1. The number of benzene rings is 1. The van der Waals surface area contributed by atoms with Crippen molar-refractivity contribution >= 4 is 35.0 Å². The van der Waals surface area contributed by atoms with Crippen molar-refractivity contribution in [2.45, 2.75) is 18.1 Å². The highest BCUT2D eigenvalue weighted by molar-refractivity contribution is 7.99. The number of hydrogen-bond acceptors (Lipinski definition) is 5. The van der Waals surface area contributed by atoms with Crippen molar-refractivity contribution in [3.8, 4) is 0 Å². The maximum atomic E-state index is 12.0. The average Bonchev–Trinajstić information content (AvgIpc) is 2.96. The monoisotopic (exact) mass is 347 g/mol. The van der Waals surface area contributed by atoms with Crippen molar-refractivity contribution in [3.05, 3.63) is 53.3 Å².